The van der Waals surface area contributed by atoms with Crippen molar-refractivity contribution in [2.75, 3.05) is 0 Å². The zero-order chi connectivity index (χ0) is 13.1. The van der Waals surface area contributed by atoms with Crippen molar-refractivity contribution in [3.05, 3.63) is 47.0 Å². The molecule has 0 amide bonds. The molecule has 0 aliphatic rings. The van der Waals surface area contributed by atoms with Gasteiger partial charge in [0.1, 0.15) is 0 Å². The van der Waals surface area contributed by atoms with Crippen molar-refractivity contribution < 1.29 is 13.2 Å². The third kappa shape index (κ3) is 4.88. The SMILES string of the molecule is C=CCC[C@H](N)c1cc(Cl)cc(C(F)(F)F)c1.Cl. The van der Waals surface area contributed by atoms with Gasteiger partial charge in [0.05, 0.1) is 5.56 Å². The van der Waals surface area contributed by atoms with Crippen molar-refractivity contribution in [3.63, 3.8) is 0 Å². The highest BCUT2D eigenvalue weighted by atomic mass is 35.5. The van der Waals surface area contributed by atoms with Crippen LogP contribution < -0.4 is 5.73 Å². The van der Waals surface area contributed by atoms with Crippen molar-refractivity contribution in [3.8, 4) is 0 Å². The van der Waals surface area contributed by atoms with Crippen molar-refractivity contribution in [1.82, 2.24) is 0 Å². The molecule has 0 fully saturated rings. The Bertz CT molecular complexity index is 405. The van der Waals surface area contributed by atoms with E-state index in [0.29, 0.717) is 18.4 Å². The predicted octanol–water partition coefficient (Wildman–Crippen LogP) is 4.75. The van der Waals surface area contributed by atoms with Gasteiger partial charge in [-0.05, 0) is 36.6 Å². The third-order valence-electron chi connectivity index (χ3n) is 2.36. The molecule has 1 aromatic rings. The highest BCUT2D eigenvalue weighted by Crippen LogP contribution is 2.33. The van der Waals surface area contributed by atoms with Crippen LogP contribution in [-0.2, 0) is 6.18 Å². The molecule has 0 saturated carbocycles. The van der Waals surface area contributed by atoms with E-state index in [9.17, 15) is 13.2 Å². The molecule has 102 valence electrons. The van der Waals surface area contributed by atoms with Crippen molar-refractivity contribution in [2.45, 2.75) is 25.1 Å². The lowest BCUT2D eigenvalue weighted by Crippen LogP contribution is -2.12. The molecule has 1 rings (SSSR count). The Morgan fingerprint density at radius 2 is 1.94 bits per heavy atom. The number of benzene rings is 1. The van der Waals surface area contributed by atoms with Crippen LogP contribution >= 0.6 is 24.0 Å². The maximum atomic E-state index is 12.5. The molecule has 0 heterocycles. The van der Waals surface area contributed by atoms with E-state index in [-0.39, 0.29) is 17.4 Å². The molecule has 0 unspecified atom stereocenters. The molecule has 0 aromatic heterocycles. The number of halogens is 5. The standard InChI is InChI=1S/C12H13ClF3N.ClH/c1-2-3-4-11(17)8-5-9(12(14,15)16)7-10(13)6-8;/h2,5-7,11H,1,3-4,17H2;1H/t11-;/m0./s1. The van der Waals surface area contributed by atoms with Gasteiger partial charge in [-0.25, -0.2) is 0 Å². The van der Waals surface area contributed by atoms with Gasteiger partial charge in [-0.1, -0.05) is 17.7 Å². The smallest absolute Gasteiger partial charge is 0.324 e. The minimum Gasteiger partial charge on any atom is -0.324 e. The van der Waals surface area contributed by atoms with Crippen LogP contribution in [-0.4, -0.2) is 0 Å². The molecule has 0 aliphatic carbocycles. The summed E-state index contributed by atoms with van der Waals surface area (Å²) in [5.41, 5.74) is 5.41. The van der Waals surface area contributed by atoms with Crippen molar-refractivity contribution in [2.24, 2.45) is 5.73 Å². The summed E-state index contributed by atoms with van der Waals surface area (Å²) in [4.78, 5) is 0. The summed E-state index contributed by atoms with van der Waals surface area (Å²) in [5.74, 6) is 0. The summed E-state index contributed by atoms with van der Waals surface area (Å²) in [6.45, 7) is 3.54. The number of hydrogen-bond donors (Lipinski definition) is 1. The Morgan fingerprint density at radius 3 is 2.44 bits per heavy atom. The first-order valence-electron chi connectivity index (χ1n) is 5.08. The molecule has 1 aromatic carbocycles. The zero-order valence-electron chi connectivity index (χ0n) is 9.51. The molecule has 0 radical (unpaired) electrons. The summed E-state index contributed by atoms with van der Waals surface area (Å²) in [6, 6.07) is 2.93. The van der Waals surface area contributed by atoms with Crippen LogP contribution in [0.3, 0.4) is 0 Å². The molecule has 0 aliphatic heterocycles. The van der Waals surface area contributed by atoms with Crippen molar-refractivity contribution >= 4 is 24.0 Å². The fourth-order valence-electron chi connectivity index (χ4n) is 1.45. The van der Waals surface area contributed by atoms with E-state index in [1.807, 2.05) is 0 Å². The van der Waals surface area contributed by atoms with Gasteiger partial charge in [-0.2, -0.15) is 13.2 Å². The highest BCUT2D eigenvalue weighted by Gasteiger charge is 2.31. The quantitative estimate of drug-likeness (QED) is 0.798. The summed E-state index contributed by atoms with van der Waals surface area (Å²) in [6.07, 6.45) is -1.54. The fourth-order valence-corrected chi connectivity index (χ4v) is 1.70. The lowest BCUT2D eigenvalue weighted by Gasteiger charge is -2.14. The summed E-state index contributed by atoms with van der Waals surface area (Å²) in [7, 11) is 0. The number of nitrogens with two attached hydrogens (primary N) is 1. The van der Waals surface area contributed by atoms with Gasteiger partial charge in [0.2, 0.25) is 0 Å². The predicted molar refractivity (Wildman–Crippen MR) is 70.1 cm³/mol. The first-order valence-corrected chi connectivity index (χ1v) is 5.46. The van der Waals surface area contributed by atoms with Crippen LogP contribution in [0.5, 0.6) is 0 Å². The number of rotatable bonds is 4. The number of allylic oxidation sites excluding steroid dienone is 1. The Hall–Kier alpha value is -0.710. The second-order valence-corrected chi connectivity index (χ2v) is 4.18. The minimum absolute atomic E-state index is 0. The van der Waals surface area contributed by atoms with Crippen LogP contribution in [0.4, 0.5) is 13.2 Å². The normalized spacial score (nSPS) is 12.7. The van der Waals surface area contributed by atoms with E-state index in [4.69, 9.17) is 17.3 Å². The van der Waals surface area contributed by atoms with E-state index in [1.165, 1.54) is 6.07 Å². The first-order chi connectivity index (χ1) is 7.84. The van der Waals surface area contributed by atoms with Crippen LogP contribution in [0.2, 0.25) is 5.02 Å². The lowest BCUT2D eigenvalue weighted by atomic mass is 10.0. The Morgan fingerprint density at radius 1 is 1.33 bits per heavy atom. The van der Waals surface area contributed by atoms with Gasteiger partial charge in [0, 0.05) is 11.1 Å². The van der Waals surface area contributed by atoms with Gasteiger partial charge in [-0.15, -0.1) is 19.0 Å². The molecule has 6 heteroatoms. The second-order valence-electron chi connectivity index (χ2n) is 3.74. The van der Waals surface area contributed by atoms with E-state index >= 15 is 0 Å². The highest BCUT2D eigenvalue weighted by molar-refractivity contribution is 6.30. The average Bonchev–Trinajstić information content (AvgIpc) is 2.23. The van der Waals surface area contributed by atoms with Crippen LogP contribution in [0.15, 0.2) is 30.9 Å². The van der Waals surface area contributed by atoms with Gasteiger partial charge in [0.15, 0.2) is 0 Å². The first kappa shape index (κ1) is 17.3. The summed E-state index contributed by atoms with van der Waals surface area (Å²) in [5, 5.41) is 0.0453. The van der Waals surface area contributed by atoms with Gasteiger partial charge in [0.25, 0.3) is 0 Å². The minimum atomic E-state index is -4.40. The molecule has 0 bridgehead atoms. The largest absolute Gasteiger partial charge is 0.416 e. The summed E-state index contributed by atoms with van der Waals surface area (Å²) < 4.78 is 37.6. The molecule has 1 nitrogen and oxygen atoms in total. The fraction of sp³-hybridized carbons (Fsp3) is 0.333. The lowest BCUT2D eigenvalue weighted by molar-refractivity contribution is -0.137. The Balaban J connectivity index is 0.00000289. The molecule has 2 N–H and O–H groups in total. The maximum Gasteiger partial charge on any atom is 0.416 e. The van der Waals surface area contributed by atoms with E-state index in [0.717, 1.165) is 12.1 Å². The zero-order valence-corrected chi connectivity index (χ0v) is 11.1. The monoisotopic (exact) mass is 299 g/mol. The van der Waals surface area contributed by atoms with Gasteiger partial charge >= 0.3 is 6.18 Å². The van der Waals surface area contributed by atoms with Crippen LogP contribution in [0.1, 0.15) is 30.0 Å². The third-order valence-corrected chi connectivity index (χ3v) is 2.58. The van der Waals surface area contributed by atoms with Crippen molar-refractivity contribution in [1.29, 1.82) is 0 Å². The van der Waals surface area contributed by atoms with Gasteiger partial charge < -0.3 is 5.73 Å². The molecule has 1 atom stereocenters. The maximum absolute atomic E-state index is 12.5. The Kier molecular flexibility index (Phi) is 6.74. The van der Waals surface area contributed by atoms with E-state index < -0.39 is 17.8 Å². The molecular weight excluding hydrogens is 286 g/mol. The average molecular weight is 300 g/mol. The van der Waals surface area contributed by atoms with Crippen LogP contribution in [0, 0.1) is 0 Å². The van der Waals surface area contributed by atoms with E-state index in [1.54, 1.807) is 6.08 Å². The summed E-state index contributed by atoms with van der Waals surface area (Å²) >= 11 is 5.66. The topological polar surface area (TPSA) is 26.0 Å². The van der Waals surface area contributed by atoms with Crippen LogP contribution in [0.25, 0.3) is 0 Å². The molecule has 18 heavy (non-hydrogen) atoms. The molecule has 0 saturated heterocycles. The van der Waals surface area contributed by atoms with E-state index in [2.05, 4.69) is 6.58 Å². The number of alkyl halides is 3. The Labute approximate surface area is 115 Å². The molecule has 0 spiro atoms. The molecular formula is C12H14Cl2F3N. The number of hydrogen-bond acceptors (Lipinski definition) is 1. The van der Waals surface area contributed by atoms with Gasteiger partial charge in [-0.3, -0.25) is 0 Å². The second kappa shape index (κ2) is 7.02.